The number of guanidine groups is 1. The Morgan fingerprint density at radius 1 is 1.52 bits per heavy atom. The summed E-state index contributed by atoms with van der Waals surface area (Å²) in [5, 5.41) is 7.24. The van der Waals surface area contributed by atoms with Crippen molar-refractivity contribution in [2.45, 2.75) is 26.4 Å². The largest absolute Gasteiger partial charge is 0.359 e. The molecule has 7 heteroatoms. The Morgan fingerprint density at radius 2 is 2.33 bits per heavy atom. The van der Waals surface area contributed by atoms with E-state index in [0.29, 0.717) is 6.54 Å². The Bertz CT molecular complexity index is 608. The van der Waals surface area contributed by atoms with Gasteiger partial charge in [-0.25, -0.2) is 0 Å². The lowest BCUT2D eigenvalue weighted by Gasteiger charge is -2.20. The fourth-order valence-corrected chi connectivity index (χ4v) is 3.04. The molecule has 0 aliphatic rings. The maximum atomic E-state index is 5.95. The molecule has 0 bridgehead atoms. The standard InChI is InChI=1S/C14H19ClN4OS/c1-4-10-7-11(20-18-10)8-17-14(16-2)19(3)9-12-5-6-13(15)21-12/h5-7H,4,8-9H2,1-3H3,(H,16,17). The monoisotopic (exact) mass is 326 g/mol. The molecule has 2 aromatic heterocycles. The van der Waals surface area contributed by atoms with Crippen LogP contribution >= 0.6 is 22.9 Å². The molecule has 0 aromatic carbocycles. The summed E-state index contributed by atoms with van der Waals surface area (Å²) in [5.41, 5.74) is 0.961. The van der Waals surface area contributed by atoms with E-state index in [2.05, 4.69) is 15.5 Å². The van der Waals surface area contributed by atoms with Gasteiger partial charge in [0.1, 0.15) is 0 Å². The zero-order valence-electron chi connectivity index (χ0n) is 12.4. The molecule has 2 aromatic rings. The van der Waals surface area contributed by atoms with E-state index >= 15 is 0 Å². The molecule has 0 aliphatic heterocycles. The molecule has 0 amide bonds. The zero-order valence-corrected chi connectivity index (χ0v) is 14.0. The fraction of sp³-hybridized carbons (Fsp3) is 0.429. The second-order valence-corrected chi connectivity index (χ2v) is 6.40. The molecule has 0 saturated carbocycles. The number of aromatic nitrogens is 1. The van der Waals surface area contributed by atoms with E-state index in [4.69, 9.17) is 16.1 Å². The molecular formula is C14H19ClN4OS. The molecule has 21 heavy (non-hydrogen) atoms. The summed E-state index contributed by atoms with van der Waals surface area (Å²) in [7, 11) is 3.75. The Balaban J connectivity index is 1.90. The van der Waals surface area contributed by atoms with Crippen molar-refractivity contribution in [2.24, 2.45) is 4.99 Å². The van der Waals surface area contributed by atoms with E-state index < -0.39 is 0 Å². The Hall–Kier alpha value is -1.53. The predicted molar refractivity (Wildman–Crippen MR) is 86.9 cm³/mol. The molecule has 2 heterocycles. The second-order valence-electron chi connectivity index (χ2n) is 4.60. The molecule has 2 rings (SSSR count). The lowest BCUT2D eigenvalue weighted by molar-refractivity contribution is 0.371. The number of thiophene rings is 1. The zero-order chi connectivity index (χ0) is 15.2. The first-order chi connectivity index (χ1) is 10.1. The van der Waals surface area contributed by atoms with E-state index in [9.17, 15) is 0 Å². The van der Waals surface area contributed by atoms with Gasteiger partial charge in [-0.2, -0.15) is 0 Å². The van der Waals surface area contributed by atoms with Gasteiger partial charge in [-0.05, 0) is 18.6 Å². The average molecular weight is 327 g/mol. The summed E-state index contributed by atoms with van der Waals surface area (Å²) in [6.07, 6.45) is 0.872. The van der Waals surface area contributed by atoms with Gasteiger partial charge in [-0.3, -0.25) is 4.99 Å². The number of rotatable bonds is 5. The van der Waals surface area contributed by atoms with Crippen molar-refractivity contribution < 1.29 is 4.52 Å². The van der Waals surface area contributed by atoms with Crippen LogP contribution in [0.5, 0.6) is 0 Å². The highest BCUT2D eigenvalue weighted by molar-refractivity contribution is 7.16. The normalized spacial score (nSPS) is 11.7. The molecule has 1 N–H and O–H groups in total. The van der Waals surface area contributed by atoms with E-state index in [1.165, 1.54) is 4.88 Å². The lowest BCUT2D eigenvalue weighted by atomic mass is 10.3. The van der Waals surface area contributed by atoms with E-state index in [-0.39, 0.29) is 0 Å². The molecule has 0 saturated heterocycles. The molecule has 0 aliphatic carbocycles. The van der Waals surface area contributed by atoms with Crippen LogP contribution in [0.1, 0.15) is 23.3 Å². The Morgan fingerprint density at radius 3 is 2.90 bits per heavy atom. The smallest absolute Gasteiger partial charge is 0.194 e. The second kappa shape index (κ2) is 7.47. The van der Waals surface area contributed by atoms with Gasteiger partial charge in [-0.1, -0.05) is 23.7 Å². The Labute approximate surface area is 133 Å². The average Bonchev–Trinajstić information content (AvgIpc) is 3.08. The molecule has 0 radical (unpaired) electrons. The first-order valence-electron chi connectivity index (χ1n) is 6.72. The van der Waals surface area contributed by atoms with Crippen LogP contribution in [0, 0.1) is 0 Å². The predicted octanol–water partition coefficient (Wildman–Crippen LogP) is 3.16. The van der Waals surface area contributed by atoms with Crippen molar-refractivity contribution in [3.63, 3.8) is 0 Å². The molecule has 0 unspecified atom stereocenters. The van der Waals surface area contributed by atoms with Crippen molar-refractivity contribution in [1.82, 2.24) is 15.4 Å². The fourth-order valence-electron chi connectivity index (χ4n) is 1.90. The Kier molecular flexibility index (Phi) is 5.64. The number of hydrogen-bond donors (Lipinski definition) is 1. The van der Waals surface area contributed by atoms with E-state index in [1.807, 2.05) is 37.1 Å². The molecule has 114 valence electrons. The van der Waals surface area contributed by atoms with Crippen LogP contribution in [0.2, 0.25) is 4.34 Å². The van der Waals surface area contributed by atoms with Crippen LogP contribution in [-0.4, -0.2) is 30.1 Å². The number of aliphatic imine (C=N–C) groups is 1. The van der Waals surface area contributed by atoms with Gasteiger partial charge in [0.2, 0.25) is 0 Å². The summed E-state index contributed by atoms with van der Waals surface area (Å²) in [6.45, 7) is 3.37. The third kappa shape index (κ3) is 4.47. The van der Waals surface area contributed by atoms with Crippen LogP contribution < -0.4 is 5.32 Å². The van der Waals surface area contributed by atoms with Gasteiger partial charge in [0.15, 0.2) is 11.7 Å². The number of nitrogens with zero attached hydrogens (tertiary/aromatic N) is 3. The SMILES string of the molecule is CCc1cc(CNC(=NC)N(C)Cc2ccc(Cl)s2)on1. The minimum atomic E-state index is 0.565. The van der Waals surface area contributed by atoms with Gasteiger partial charge in [0.05, 0.1) is 23.1 Å². The highest BCUT2D eigenvalue weighted by atomic mass is 35.5. The summed E-state index contributed by atoms with van der Waals surface area (Å²) >= 11 is 7.53. The molecule has 5 nitrogen and oxygen atoms in total. The lowest BCUT2D eigenvalue weighted by Crippen LogP contribution is -2.37. The van der Waals surface area contributed by atoms with Crippen LogP contribution in [0.3, 0.4) is 0 Å². The maximum Gasteiger partial charge on any atom is 0.194 e. The van der Waals surface area contributed by atoms with Crippen LogP contribution in [0.15, 0.2) is 27.7 Å². The summed E-state index contributed by atoms with van der Waals surface area (Å²) in [4.78, 5) is 7.51. The molecule has 0 atom stereocenters. The van der Waals surface area contributed by atoms with Crippen molar-refractivity contribution in [3.8, 4) is 0 Å². The third-order valence-electron chi connectivity index (χ3n) is 2.99. The van der Waals surface area contributed by atoms with Gasteiger partial charge < -0.3 is 14.7 Å². The quantitative estimate of drug-likeness (QED) is 0.677. The molecule has 0 spiro atoms. The highest BCUT2D eigenvalue weighted by Crippen LogP contribution is 2.22. The van der Waals surface area contributed by atoms with Crippen LogP contribution in [0.25, 0.3) is 0 Å². The topological polar surface area (TPSA) is 53.7 Å². The number of halogens is 1. The van der Waals surface area contributed by atoms with E-state index in [1.54, 1.807) is 18.4 Å². The van der Waals surface area contributed by atoms with Crippen LogP contribution in [-0.2, 0) is 19.5 Å². The highest BCUT2D eigenvalue weighted by Gasteiger charge is 2.09. The number of hydrogen-bond acceptors (Lipinski definition) is 4. The van der Waals surface area contributed by atoms with E-state index in [0.717, 1.165) is 34.7 Å². The van der Waals surface area contributed by atoms with Crippen LogP contribution in [0.4, 0.5) is 0 Å². The maximum absolute atomic E-state index is 5.95. The summed E-state index contributed by atoms with van der Waals surface area (Å²) in [6, 6.07) is 5.90. The van der Waals surface area contributed by atoms with Crippen molar-refractivity contribution in [2.75, 3.05) is 14.1 Å². The first-order valence-corrected chi connectivity index (χ1v) is 7.92. The minimum Gasteiger partial charge on any atom is -0.359 e. The summed E-state index contributed by atoms with van der Waals surface area (Å²) in [5.74, 6) is 1.61. The summed E-state index contributed by atoms with van der Waals surface area (Å²) < 4.78 is 6.05. The van der Waals surface area contributed by atoms with Crippen molar-refractivity contribution in [1.29, 1.82) is 0 Å². The number of aryl methyl sites for hydroxylation is 1. The molecular weight excluding hydrogens is 308 g/mol. The molecule has 0 fully saturated rings. The van der Waals surface area contributed by atoms with Gasteiger partial charge in [0, 0.05) is 25.0 Å². The number of nitrogens with one attached hydrogen (secondary N) is 1. The minimum absolute atomic E-state index is 0.565. The third-order valence-corrected chi connectivity index (χ3v) is 4.20. The van der Waals surface area contributed by atoms with Gasteiger partial charge in [0.25, 0.3) is 0 Å². The van der Waals surface area contributed by atoms with Crippen molar-refractivity contribution in [3.05, 3.63) is 38.9 Å². The van der Waals surface area contributed by atoms with Crippen molar-refractivity contribution >= 4 is 28.9 Å². The first kappa shape index (κ1) is 15.9. The van der Waals surface area contributed by atoms with Gasteiger partial charge >= 0.3 is 0 Å². The van der Waals surface area contributed by atoms with Gasteiger partial charge in [-0.15, -0.1) is 11.3 Å².